The Morgan fingerprint density at radius 1 is 1.36 bits per heavy atom. The van der Waals surface area contributed by atoms with Gasteiger partial charge in [0, 0.05) is 25.5 Å². The zero-order chi connectivity index (χ0) is 10.7. The zero-order valence-corrected chi connectivity index (χ0v) is 10.7. The van der Waals surface area contributed by atoms with Crippen LogP contribution in [0.4, 0.5) is 5.69 Å². The van der Waals surface area contributed by atoms with Crippen LogP contribution in [0.3, 0.4) is 0 Å². The van der Waals surface area contributed by atoms with Crippen molar-refractivity contribution in [3.05, 3.63) is 22.9 Å². The summed E-state index contributed by atoms with van der Waals surface area (Å²) in [7, 11) is 2.12. The Labute approximate surface area is 94.5 Å². The van der Waals surface area contributed by atoms with Gasteiger partial charge in [0.25, 0.3) is 0 Å². The van der Waals surface area contributed by atoms with Crippen molar-refractivity contribution in [1.82, 2.24) is 4.98 Å². The van der Waals surface area contributed by atoms with Crippen molar-refractivity contribution in [2.24, 2.45) is 5.92 Å². The fourth-order valence-corrected chi connectivity index (χ4v) is 1.85. The highest BCUT2D eigenvalue weighted by atomic mass is 79.9. The lowest BCUT2D eigenvalue weighted by molar-refractivity contribution is 0.505. The van der Waals surface area contributed by atoms with Crippen LogP contribution >= 0.6 is 15.9 Å². The van der Waals surface area contributed by atoms with Crippen molar-refractivity contribution in [3.63, 3.8) is 0 Å². The molecule has 3 heteroatoms. The van der Waals surface area contributed by atoms with Gasteiger partial charge in [0.2, 0.25) is 0 Å². The second kappa shape index (κ2) is 4.78. The van der Waals surface area contributed by atoms with Gasteiger partial charge in [-0.1, -0.05) is 13.8 Å². The average Bonchev–Trinajstić information content (AvgIpc) is 2.16. The van der Waals surface area contributed by atoms with Crippen LogP contribution in [0, 0.1) is 5.92 Å². The number of pyridine rings is 1. The summed E-state index contributed by atoms with van der Waals surface area (Å²) in [5.74, 6) is 0.639. The van der Waals surface area contributed by atoms with Gasteiger partial charge in [-0.3, -0.25) is 4.98 Å². The van der Waals surface area contributed by atoms with E-state index in [-0.39, 0.29) is 0 Å². The van der Waals surface area contributed by atoms with Crippen molar-refractivity contribution in [2.45, 2.75) is 26.8 Å². The molecule has 1 aromatic rings. The molecule has 1 rings (SSSR count). The summed E-state index contributed by atoms with van der Waals surface area (Å²) in [6.45, 7) is 6.70. The van der Waals surface area contributed by atoms with E-state index in [4.69, 9.17) is 0 Å². The Balaban J connectivity index is 2.89. The third-order valence-corrected chi connectivity index (χ3v) is 3.32. The Kier molecular flexibility index (Phi) is 3.93. The summed E-state index contributed by atoms with van der Waals surface area (Å²) in [6, 6.07) is 2.55. The molecule has 0 radical (unpaired) electrons. The molecule has 1 heterocycles. The quantitative estimate of drug-likeness (QED) is 0.825. The first-order valence-corrected chi connectivity index (χ1v) is 5.65. The largest absolute Gasteiger partial charge is 0.371 e. The zero-order valence-electron chi connectivity index (χ0n) is 9.16. The number of aromatic nitrogens is 1. The van der Waals surface area contributed by atoms with Crippen LogP contribution in [0.15, 0.2) is 22.9 Å². The van der Waals surface area contributed by atoms with Crippen molar-refractivity contribution in [1.29, 1.82) is 0 Å². The Bertz CT molecular complexity index is 299. The van der Waals surface area contributed by atoms with Crippen LogP contribution in [0.1, 0.15) is 20.8 Å². The van der Waals surface area contributed by atoms with Gasteiger partial charge in [-0.25, -0.2) is 0 Å². The van der Waals surface area contributed by atoms with Gasteiger partial charge in [-0.05, 0) is 34.8 Å². The third kappa shape index (κ3) is 2.47. The molecule has 2 nitrogen and oxygen atoms in total. The van der Waals surface area contributed by atoms with Gasteiger partial charge < -0.3 is 4.90 Å². The fraction of sp³-hybridized carbons (Fsp3) is 0.545. The minimum atomic E-state index is 0.522. The molecule has 0 amide bonds. The molecule has 0 aliphatic heterocycles. The first-order valence-electron chi connectivity index (χ1n) is 4.86. The second-order valence-electron chi connectivity index (χ2n) is 3.92. The Morgan fingerprint density at radius 2 is 2.00 bits per heavy atom. The first-order chi connectivity index (χ1) is 6.54. The maximum absolute atomic E-state index is 4.06. The Hall–Kier alpha value is -0.570. The first kappa shape index (κ1) is 11.5. The maximum Gasteiger partial charge on any atom is 0.0592 e. The maximum atomic E-state index is 4.06. The summed E-state index contributed by atoms with van der Waals surface area (Å²) in [5, 5.41) is 0. The average molecular weight is 257 g/mol. The lowest BCUT2D eigenvalue weighted by atomic mass is 10.0. The standard InChI is InChI=1S/C11H17BrN2/c1-8(2)9(3)14(4)11-5-6-13-7-10(11)12/h5-9H,1-4H3. The van der Waals surface area contributed by atoms with Gasteiger partial charge in [0.05, 0.1) is 10.2 Å². The molecule has 0 aliphatic rings. The molecule has 0 saturated carbocycles. The molecule has 0 saturated heterocycles. The van der Waals surface area contributed by atoms with Crippen LogP contribution in [0.5, 0.6) is 0 Å². The highest BCUT2D eigenvalue weighted by Crippen LogP contribution is 2.26. The number of nitrogens with zero attached hydrogens (tertiary/aromatic N) is 2. The minimum Gasteiger partial charge on any atom is -0.371 e. The van der Waals surface area contributed by atoms with E-state index in [1.54, 1.807) is 0 Å². The van der Waals surface area contributed by atoms with E-state index in [0.29, 0.717) is 12.0 Å². The van der Waals surface area contributed by atoms with Gasteiger partial charge in [0.15, 0.2) is 0 Å². The molecule has 0 aromatic carbocycles. The van der Waals surface area contributed by atoms with E-state index in [1.807, 2.05) is 18.5 Å². The SMILES string of the molecule is CC(C)C(C)N(C)c1ccncc1Br. The van der Waals surface area contributed by atoms with Gasteiger partial charge >= 0.3 is 0 Å². The minimum absolute atomic E-state index is 0.522. The molecule has 1 unspecified atom stereocenters. The van der Waals surface area contributed by atoms with E-state index >= 15 is 0 Å². The summed E-state index contributed by atoms with van der Waals surface area (Å²) in [6.07, 6.45) is 3.66. The van der Waals surface area contributed by atoms with E-state index in [1.165, 1.54) is 5.69 Å². The number of halogens is 1. The molecule has 14 heavy (non-hydrogen) atoms. The Morgan fingerprint density at radius 3 is 2.50 bits per heavy atom. The normalized spacial score (nSPS) is 13.0. The number of hydrogen-bond acceptors (Lipinski definition) is 2. The molecule has 78 valence electrons. The number of rotatable bonds is 3. The topological polar surface area (TPSA) is 16.1 Å². The van der Waals surface area contributed by atoms with Crippen molar-refractivity contribution >= 4 is 21.6 Å². The molecule has 1 atom stereocenters. The lowest BCUT2D eigenvalue weighted by Crippen LogP contribution is -2.33. The smallest absolute Gasteiger partial charge is 0.0592 e. The summed E-state index contributed by atoms with van der Waals surface area (Å²) in [4.78, 5) is 6.33. The molecular weight excluding hydrogens is 240 g/mol. The van der Waals surface area contributed by atoms with E-state index < -0.39 is 0 Å². The highest BCUT2D eigenvalue weighted by molar-refractivity contribution is 9.10. The molecular formula is C11H17BrN2. The molecule has 0 N–H and O–H groups in total. The van der Waals surface area contributed by atoms with Crippen molar-refractivity contribution in [3.8, 4) is 0 Å². The third-order valence-electron chi connectivity index (χ3n) is 2.71. The van der Waals surface area contributed by atoms with E-state index in [9.17, 15) is 0 Å². The van der Waals surface area contributed by atoms with Gasteiger partial charge in [-0.15, -0.1) is 0 Å². The van der Waals surface area contributed by atoms with Crippen molar-refractivity contribution < 1.29 is 0 Å². The summed E-state index contributed by atoms with van der Waals surface area (Å²) >= 11 is 3.51. The van der Waals surface area contributed by atoms with Crippen LogP contribution in [-0.2, 0) is 0 Å². The van der Waals surface area contributed by atoms with Crippen molar-refractivity contribution in [2.75, 3.05) is 11.9 Å². The predicted octanol–water partition coefficient (Wildman–Crippen LogP) is 3.32. The van der Waals surface area contributed by atoms with E-state index in [2.05, 4.69) is 53.6 Å². The summed E-state index contributed by atoms with van der Waals surface area (Å²) < 4.78 is 1.05. The predicted molar refractivity (Wildman–Crippen MR) is 64.6 cm³/mol. The van der Waals surface area contributed by atoms with Crippen LogP contribution in [0.2, 0.25) is 0 Å². The second-order valence-corrected chi connectivity index (χ2v) is 4.78. The monoisotopic (exact) mass is 256 g/mol. The number of anilines is 1. The molecule has 0 aliphatic carbocycles. The molecule has 0 spiro atoms. The van der Waals surface area contributed by atoms with E-state index in [0.717, 1.165) is 4.47 Å². The fourth-order valence-electron chi connectivity index (χ4n) is 1.32. The van der Waals surface area contributed by atoms with Gasteiger partial charge in [-0.2, -0.15) is 0 Å². The highest BCUT2D eigenvalue weighted by Gasteiger charge is 2.15. The molecule has 1 aromatic heterocycles. The van der Waals surface area contributed by atoms with Crippen LogP contribution in [0.25, 0.3) is 0 Å². The number of hydrogen-bond donors (Lipinski definition) is 0. The molecule has 0 fully saturated rings. The van der Waals surface area contributed by atoms with Crippen LogP contribution in [-0.4, -0.2) is 18.1 Å². The van der Waals surface area contributed by atoms with Crippen LogP contribution < -0.4 is 4.90 Å². The lowest BCUT2D eigenvalue weighted by Gasteiger charge is -2.30. The summed E-state index contributed by atoms with van der Waals surface area (Å²) in [5.41, 5.74) is 1.20. The van der Waals surface area contributed by atoms with Gasteiger partial charge in [0.1, 0.15) is 0 Å². The molecule has 0 bridgehead atoms.